The van der Waals surface area contributed by atoms with Gasteiger partial charge in [-0.25, -0.2) is 0 Å². The molecule has 18 heavy (non-hydrogen) atoms. The van der Waals surface area contributed by atoms with E-state index in [0.717, 1.165) is 0 Å². The molecule has 0 aliphatic carbocycles. The molecular weight excluding hydrogens is 240 g/mol. The third kappa shape index (κ3) is 2.57. The molecule has 2 rings (SSSR count). The molecule has 0 spiro atoms. The molecule has 0 aromatic carbocycles. The first-order valence-corrected chi connectivity index (χ1v) is 5.38. The van der Waals surface area contributed by atoms with E-state index in [0.29, 0.717) is 0 Å². The minimum absolute atomic E-state index is 0.0750. The Morgan fingerprint density at radius 3 is 2.83 bits per heavy atom. The van der Waals surface area contributed by atoms with Crippen LogP contribution < -0.4 is 10.9 Å². The van der Waals surface area contributed by atoms with Gasteiger partial charge < -0.3 is 20.1 Å². The minimum atomic E-state index is -1.01. The number of H-pyrrole nitrogens is 1. The zero-order valence-electron chi connectivity index (χ0n) is 9.38. The number of carboxylic acid groups (broad SMARTS) is 1. The van der Waals surface area contributed by atoms with Crippen molar-refractivity contribution in [1.82, 2.24) is 10.3 Å². The normalized spacial score (nSPS) is 22.7. The Labute approximate surface area is 102 Å². The van der Waals surface area contributed by atoms with Crippen LogP contribution in [-0.4, -0.2) is 41.2 Å². The number of aromatic nitrogens is 1. The monoisotopic (exact) mass is 252 g/mol. The fourth-order valence-corrected chi connectivity index (χ4v) is 1.77. The Hall–Kier alpha value is -2.15. The molecule has 96 valence electrons. The third-order valence-electron chi connectivity index (χ3n) is 2.73. The van der Waals surface area contributed by atoms with E-state index in [1.54, 1.807) is 0 Å². The van der Waals surface area contributed by atoms with Crippen LogP contribution in [0.15, 0.2) is 23.0 Å². The van der Waals surface area contributed by atoms with E-state index in [4.69, 9.17) is 9.84 Å². The minimum Gasteiger partial charge on any atom is -0.481 e. The van der Waals surface area contributed by atoms with Crippen molar-refractivity contribution in [2.45, 2.75) is 6.04 Å². The van der Waals surface area contributed by atoms with Crippen molar-refractivity contribution < 1.29 is 19.4 Å². The molecule has 0 bridgehead atoms. The van der Waals surface area contributed by atoms with E-state index in [-0.39, 0.29) is 24.5 Å². The van der Waals surface area contributed by atoms with Crippen LogP contribution >= 0.6 is 0 Å². The standard InChI is InChI=1S/C11H12N2O5/c14-9-3-1-2-7(12-9)10(15)13-8-5-18-4-6(8)11(16)17/h1-3,6,8H,4-5H2,(H,12,14)(H,13,15)(H,16,17). The van der Waals surface area contributed by atoms with Crippen LogP contribution in [0, 0.1) is 5.92 Å². The van der Waals surface area contributed by atoms with Gasteiger partial charge in [0.25, 0.3) is 5.91 Å². The SMILES string of the molecule is O=C(NC1COCC1C(=O)O)c1cccc(=O)[nH]1. The quantitative estimate of drug-likeness (QED) is 0.653. The van der Waals surface area contributed by atoms with Crippen molar-refractivity contribution in [3.63, 3.8) is 0 Å². The summed E-state index contributed by atoms with van der Waals surface area (Å²) < 4.78 is 5.02. The highest BCUT2D eigenvalue weighted by Crippen LogP contribution is 2.14. The first-order valence-electron chi connectivity index (χ1n) is 5.38. The molecule has 1 aromatic rings. The Balaban J connectivity index is 2.07. The number of aliphatic carboxylic acids is 1. The molecular formula is C11H12N2O5. The zero-order valence-corrected chi connectivity index (χ0v) is 9.38. The summed E-state index contributed by atoms with van der Waals surface area (Å²) in [6.45, 7) is 0.228. The maximum absolute atomic E-state index is 11.8. The van der Waals surface area contributed by atoms with Crippen molar-refractivity contribution in [2.75, 3.05) is 13.2 Å². The molecule has 1 aromatic heterocycles. The predicted molar refractivity (Wildman–Crippen MR) is 60.3 cm³/mol. The van der Waals surface area contributed by atoms with Gasteiger partial charge in [0.1, 0.15) is 11.6 Å². The van der Waals surface area contributed by atoms with Crippen molar-refractivity contribution >= 4 is 11.9 Å². The van der Waals surface area contributed by atoms with Gasteiger partial charge in [0, 0.05) is 6.07 Å². The summed E-state index contributed by atoms with van der Waals surface area (Å²) >= 11 is 0. The first kappa shape index (κ1) is 12.3. The Bertz CT molecular complexity index is 524. The number of pyridine rings is 1. The number of hydrogen-bond donors (Lipinski definition) is 3. The van der Waals surface area contributed by atoms with Crippen LogP contribution in [0.5, 0.6) is 0 Å². The number of ether oxygens (including phenoxy) is 1. The number of rotatable bonds is 3. The van der Waals surface area contributed by atoms with Gasteiger partial charge in [0.15, 0.2) is 0 Å². The van der Waals surface area contributed by atoms with E-state index >= 15 is 0 Å². The summed E-state index contributed by atoms with van der Waals surface area (Å²) in [7, 11) is 0. The largest absolute Gasteiger partial charge is 0.481 e. The molecule has 1 saturated heterocycles. The highest BCUT2D eigenvalue weighted by molar-refractivity contribution is 5.92. The summed E-state index contributed by atoms with van der Waals surface area (Å²) in [5.74, 6) is -2.29. The fourth-order valence-electron chi connectivity index (χ4n) is 1.77. The Kier molecular flexibility index (Phi) is 3.42. The second kappa shape index (κ2) is 5.01. The maximum atomic E-state index is 11.8. The maximum Gasteiger partial charge on any atom is 0.311 e. The van der Waals surface area contributed by atoms with Crippen LogP contribution in [0.1, 0.15) is 10.5 Å². The number of aromatic amines is 1. The molecule has 2 heterocycles. The van der Waals surface area contributed by atoms with Crippen molar-refractivity contribution in [3.8, 4) is 0 Å². The highest BCUT2D eigenvalue weighted by Gasteiger charge is 2.35. The molecule has 1 aliphatic rings. The second-order valence-electron chi connectivity index (χ2n) is 3.99. The number of carboxylic acids is 1. The molecule has 2 unspecified atom stereocenters. The lowest BCUT2D eigenvalue weighted by Gasteiger charge is -2.15. The van der Waals surface area contributed by atoms with Gasteiger partial charge in [-0.1, -0.05) is 6.07 Å². The number of nitrogens with one attached hydrogen (secondary N) is 2. The van der Waals surface area contributed by atoms with Gasteiger partial charge >= 0.3 is 5.97 Å². The predicted octanol–water partition coefficient (Wildman–Crippen LogP) is -0.796. The van der Waals surface area contributed by atoms with E-state index in [2.05, 4.69) is 10.3 Å². The highest BCUT2D eigenvalue weighted by atomic mass is 16.5. The average Bonchev–Trinajstić information content (AvgIpc) is 2.77. The summed E-state index contributed by atoms with van der Waals surface area (Å²) in [6, 6.07) is 3.60. The van der Waals surface area contributed by atoms with Crippen LogP contribution in [0.25, 0.3) is 0 Å². The fraction of sp³-hybridized carbons (Fsp3) is 0.364. The van der Waals surface area contributed by atoms with Crippen LogP contribution in [0.3, 0.4) is 0 Å². The Morgan fingerprint density at radius 2 is 2.17 bits per heavy atom. The topological polar surface area (TPSA) is 108 Å². The molecule has 7 heteroatoms. The lowest BCUT2D eigenvalue weighted by atomic mass is 10.0. The molecule has 7 nitrogen and oxygen atoms in total. The molecule has 0 saturated carbocycles. The van der Waals surface area contributed by atoms with E-state index in [1.807, 2.05) is 0 Å². The van der Waals surface area contributed by atoms with Crippen LogP contribution in [0.4, 0.5) is 0 Å². The van der Waals surface area contributed by atoms with E-state index < -0.39 is 23.8 Å². The summed E-state index contributed by atoms with van der Waals surface area (Å²) in [5.41, 5.74) is -0.293. The zero-order chi connectivity index (χ0) is 13.1. The molecule has 1 fully saturated rings. The Morgan fingerprint density at radius 1 is 1.39 bits per heavy atom. The number of carbonyl (C=O) groups is 2. The van der Waals surface area contributed by atoms with Gasteiger partial charge in [-0.15, -0.1) is 0 Å². The summed E-state index contributed by atoms with van der Waals surface area (Å²) in [5, 5.41) is 11.5. The van der Waals surface area contributed by atoms with Gasteiger partial charge in [-0.05, 0) is 6.07 Å². The molecule has 3 N–H and O–H groups in total. The number of carbonyl (C=O) groups excluding carboxylic acids is 1. The first-order chi connectivity index (χ1) is 8.58. The second-order valence-corrected chi connectivity index (χ2v) is 3.99. The lowest BCUT2D eigenvalue weighted by Crippen LogP contribution is -2.43. The van der Waals surface area contributed by atoms with Crippen LogP contribution in [-0.2, 0) is 9.53 Å². The van der Waals surface area contributed by atoms with Gasteiger partial charge in [0.05, 0.1) is 19.3 Å². The molecule has 2 atom stereocenters. The summed E-state index contributed by atoms with van der Waals surface area (Å²) in [6.07, 6.45) is 0. The average molecular weight is 252 g/mol. The van der Waals surface area contributed by atoms with Gasteiger partial charge in [-0.2, -0.15) is 0 Å². The third-order valence-corrected chi connectivity index (χ3v) is 2.73. The van der Waals surface area contributed by atoms with E-state index in [1.165, 1.54) is 18.2 Å². The van der Waals surface area contributed by atoms with Crippen molar-refractivity contribution in [1.29, 1.82) is 0 Å². The van der Waals surface area contributed by atoms with Crippen molar-refractivity contribution in [2.24, 2.45) is 5.92 Å². The van der Waals surface area contributed by atoms with Crippen molar-refractivity contribution in [3.05, 3.63) is 34.2 Å². The molecule has 0 radical (unpaired) electrons. The molecule has 1 amide bonds. The molecule has 1 aliphatic heterocycles. The van der Waals surface area contributed by atoms with Gasteiger partial charge in [-0.3, -0.25) is 14.4 Å². The van der Waals surface area contributed by atoms with Crippen LogP contribution in [0.2, 0.25) is 0 Å². The number of hydrogen-bond acceptors (Lipinski definition) is 4. The smallest absolute Gasteiger partial charge is 0.311 e. The van der Waals surface area contributed by atoms with E-state index in [9.17, 15) is 14.4 Å². The number of amides is 1. The summed E-state index contributed by atoms with van der Waals surface area (Å²) in [4.78, 5) is 36.1. The lowest BCUT2D eigenvalue weighted by molar-refractivity contribution is -0.142. The van der Waals surface area contributed by atoms with Gasteiger partial charge in [0.2, 0.25) is 5.56 Å².